The Morgan fingerprint density at radius 3 is 2.64 bits per heavy atom. The normalized spacial score (nSPS) is 22.8. The predicted molar refractivity (Wildman–Crippen MR) is 111 cm³/mol. The first-order valence-electron chi connectivity index (χ1n) is 9.27. The maximum absolute atomic E-state index is 13.6. The zero-order chi connectivity index (χ0) is 24.2. The molecule has 2 aromatic heterocycles. The highest BCUT2D eigenvalue weighted by Gasteiger charge is 2.42. The van der Waals surface area contributed by atoms with Crippen LogP contribution in [0.25, 0.3) is 11.2 Å². The molecule has 180 valence electrons. The number of halogens is 2. The summed E-state index contributed by atoms with van der Waals surface area (Å²) in [6.45, 7) is -0.336. The Hall–Kier alpha value is -2.26. The third-order valence-electron chi connectivity index (χ3n) is 4.42. The molecule has 0 aliphatic carbocycles. The maximum Gasteiger partial charge on any atom is 0.469 e. The van der Waals surface area contributed by atoms with Crippen molar-refractivity contribution < 1.29 is 43.3 Å². The number of nitrogens with zero attached hydrogens (tertiary/aromatic N) is 3. The van der Waals surface area contributed by atoms with Crippen LogP contribution in [0.2, 0.25) is 5.02 Å². The van der Waals surface area contributed by atoms with Crippen LogP contribution in [0.5, 0.6) is 0 Å². The lowest BCUT2D eigenvalue weighted by molar-refractivity contribution is -0.132. The average Bonchev–Trinajstić information content (AvgIpc) is 3.34. The van der Waals surface area contributed by atoms with Gasteiger partial charge in [0, 0.05) is 17.1 Å². The molecule has 0 radical (unpaired) electrons. The number of rotatable bonds is 6. The molecule has 16 heteroatoms. The number of phosphoric acid groups is 1. The van der Waals surface area contributed by atoms with Gasteiger partial charge in [-0.1, -0.05) is 11.6 Å². The van der Waals surface area contributed by atoms with E-state index in [-0.39, 0.29) is 12.4 Å². The zero-order valence-electron chi connectivity index (χ0n) is 16.6. The van der Waals surface area contributed by atoms with E-state index >= 15 is 0 Å². The first kappa shape index (κ1) is 25.4. The Balaban J connectivity index is 0.000000196. The van der Waals surface area contributed by atoms with Crippen LogP contribution < -0.4 is 5.32 Å². The molecule has 1 aliphatic heterocycles. The fourth-order valence-electron chi connectivity index (χ4n) is 2.79. The smallest absolute Gasteiger partial charge is 0.387 e. The van der Waals surface area contributed by atoms with Crippen molar-refractivity contribution in [3.63, 3.8) is 0 Å². The van der Waals surface area contributed by atoms with Gasteiger partial charge in [0.05, 0.1) is 12.9 Å². The number of aliphatic hydroxyl groups is 3. The van der Waals surface area contributed by atoms with E-state index in [9.17, 15) is 8.96 Å². The first-order valence-corrected chi connectivity index (χ1v) is 11.2. The molecule has 13 nitrogen and oxygen atoms in total. The topological polar surface area (TPSA) is 203 Å². The van der Waals surface area contributed by atoms with Gasteiger partial charge in [-0.2, -0.15) is 0 Å². The van der Waals surface area contributed by atoms with Crippen molar-refractivity contribution in [2.24, 2.45) is 0 Å². The first-order chi connectivity index (χ1) is 15.5. The fraction of sp³-hybridized carbons (Fsp3) is 0.353. The molecule has 1 aliphatic rings. The molecule has 33 heavy (non-hydrogen) atoms. The van der Waals surface area contributed by atoms with Gasteiger partial charge in [0.15, 0.2) is 17.8 Å². The van der Waals surface area contributed by atoms with Crippen molar-refractivity contribution in [1.29, 1.82) is 0 Å². The summed E-state index contributed by atoms with van der Waals surface area (Å²) in [6.07, 6.45) is -2.73. The van der Waals surface area contributed by atoms with E-state index in [0.717, 1.165) is 0 Å². The van der Waals surface area contributed by atoms with Gasteiger partial charge < -0.3 is 40.1 Å². The van der Waals surface area contributed by atoms with Gasteiger partial charge in [0.25, 0.3) is 0 Å². The lowest BCUT2D eigenvalue weighted by Gasteiger charge is -2.14. The van der Waals surface area contributed by atoms with Crippen LogP contribution in [0.4, 0.5) is 10.2 Å². The van der Waals surface area contributed by atoms with E-state index in [1.165, 1.54) is 24.8 Å². The second kappa shape index (κ2) is 10.8. The van der Waals surface area contributed by atoms with Gasteiger partial charge in [-0.3, -0.25) is 4.52 Å². The van der Waals surface area contributed by atoms with Crippen LogP contribution in [0.3, 0.4) is 0 Å². The molecule has 0 amide bonds. The number of hydrogen-bond acceptors (Lipinski definition) is 10. The number of ether oxygens (including phenoxy) is 1. The lowest BCUT2D eigenvalue weighted by atomic mass is 10.1. The Morgan fingerprint density at radius 2 is 1.97 bits per heavy atom. The summed E-state index contributed by atoms with van der Waals surface area (Å²) < 4.78 is 32.5. The summed E-state index contributed by atoms with van der Waals surface area (Å²) >= 11 is 5.84. The molecular formula is C17H20ClFN5O8P. The SMILES string of the molecule is Fc1ccc(Cl)cc1CNc1ncnc2nc[nH]c12.O=P(O)(O)OC[C@H]1OC(O)[C@H](O)[C@@H]1O. The van der Waals surface area contributed by atoms with Crippen molar-refractivity contribution in [2.45, 2.75) is 31.1 Å². The van der Waals surface area contributed by atoms with Gasteiger partial charge in [0.2, 0.25) is 0 Å². The Labute approximate surface area is 190 Å². The minimum atomic E-state index is -4.64. The standard InChI is InChI=1S/C12H9ClFN5.C5H11O8P/c13-8-1-2-9(14)7(3-8)4-15-11-10-12(17-5-16-10)19-6-18-11;6-3-2(1-12-14(9,10)11)13-5(8)4(3)7/h1-3,5-6H,4H2,(H2,15,16,17,18,19);2-8H,1H2,(H2,9,10,11)/t;2-,3-,4-,5?/m.1/s1. The van der Waals surface area contributed by atoms with Crippen LogP contribution in [0.15, 0.2) is 30.9 Å². The number of phosphoric ester groups is 1. The average molecular weight is 508 g/mol. The number of hydrogen-bond donors (Lipinski definition) is 7. The lowest BCUT2D eigenvalue weighted by Crippen LogP contribution is -2.34. The second-order valence-electron chi connectivity index (χ2n) is 6.75. The monoisotopic (exact) mass is 507 g/mol. The quantitative estimate of drug-likeness (QED) is 0.225. The van der Waals surface area contributed by atoms with Gasteiger partial charge in [-0.25, -0.2) is 23.9 Å². The number of imidazole rings is 1. The number of aliphatic hydroxyl groups excluding tert-OH is 3. The van der Waals surface area contributed by atoms with Crippen LogP contribution in [0, 0.1) is 5.82 Å². The van der Waals surface area contributed by atoms with E-state index in [4.69, 9.17) is 36.7 Å². The summed E-state index contributed by atoms with van der Waals surface area (Å²) in [6, 6.07) is 4.43. The van der Waals surface area contributed by atoms with Crippen molar-refractivity contribution >= 4 is 36.4 Å². The van der Waals surface area contributed by atoms with Crippen molar-refractivity contribution in [3.05, 3.63) is 47.3 Å². The number of nitrogens with one attached hydrogen (secondary N) is 2. The number of H-pyrrole nitrogens is 1. The van der Waals surface area contributed by atoms with E-state index in [1.807, 2.05) is 0 Å². The summed E-state index contributed by atoms with van der Waals surface area (Å²) in [5.41, 5.74) is 1.72. The van der Waals surface area contributed by atoms with Gasteiger partial charge >= 0.3 is 7.82 Å². The molecule has 1 aromatic carbocycles. The van der Waals surface area contributed by atoms with Gasteiger partial charge in [0.1, 0.15) is 36.0 Å². The molecule has 3 aromatic rings. The van der Waals surface area contributed by atoms with Crippen LogP contribution in [-0.4, -0.2) is 76.3 Å². The van der Waals surface area contributed by atoms with Crippen LogP contribution in [-0.2, 0) is 20.4 Å². The summed E-state index contributed by atoms with van der Waals surface area (Å²) in [5, 5.41) is 30.6. The summed E-state index contributed by atoms with van der Waals surface area (Å²) in [7, 11) is -4.64. The molecule has 0 spiro atoms. The van der Waals surface area contributed by atoms with Crippen LogP contribution in [0.1, 0.15) is 5.56 Å². The highest BCUT2D eigenvalue weighted by Crippen LogP contribution is 2.37. The molecule has 0 bridgehead atoms. The highest BCUT2D eigenvalue weighted by molar-refractivity contribution is 7.46. The minimum Gasteiger partial charge on any atom is -0.387 e. The summed E-state index contributed by atoms with van der Waals surface area (Å²) in [4.78, 5) is 31.7. The Bertz CT molecular complexity index is 1130. The van der Waals surface area contributed by atoms with Gasteiger partial charge in [-0.15, -0.1) is 0 Å². The number of anilines is 1. The molecule has 1 saturated heterocycles. The molecule has 4 atom stereocenters. The highest BCUT2D eigenvalue weighted by atomic mass is 35.5. The molecule has 1 unspecified atom stereocenters. The number of fused-ring (bicyclic) bond motifs is 1. The Morgan fingerprint density at radius 1 is 1.21 bits per heavy atom. The second-order valence-corrected chi connectivity index (χ2v) is 8.42. The minimum absolute atomic E-state index is 0.275. The molecule has 7 N–H and O–H groups in total. The zero-order valence-corrected chi connectivity index (χ0v) is 18.3. The third-order valence-corrected chi connectivity index (χ3v) is 5.14. The fourth-order valence-corrected chi connectivity index (χ4v) is 3.33. The van der Waals surface area contributed by atoms with E-state index in [1.54, 1.807) is 6.07 Å². The molecule has 1 fully saturated rings. The predicted octanol–water partition coefficient (Wildman–Crippen LogP) is 0.292. The maximum atomic E-state index is 13.6. The third kappa shape index (κ3) is 6.86. The largest absolute Gasteiger partial charge is 0.469 e. The van der Waals surface area contributed by atoms with Crippen molar-refractivity contribution in [2.75, 3.05) is 11.9 Å². The summed E-state index contributed by atoms with van der Waals surface area (Å²) in [5.74, 6) is 0.258. The number of aromatic amines is 1. The van der Waals surface area contributed by atoms with Crippen LogP contribution >= 0.6 is 19.4 Å². The van der Waals surface area contributed by atoms with Crippen molar-refractivity contribution in [1.82, 2.24) is 19.9 Å². The number of aromatic nitrogens is 4. The van der Waals surface area contributed by atoms with E-state index < -0.39 is 39.0 Å². The molecule has 4 rings (SSSR count). The van der Waals surface area contributed by atoms with Crippen molar-refractivity contribution in [3.8, 4) is 0 Å². The Kier molecular flexibility index (Phi) is 8.28. The van der Waals surface area contributed by atoms with Gasteiger partial charge in [-0.05, 0) is 18.2 Å². The number of benzene rings is 1. The molecule has 3 heterocycles. The van der Waals surface area contributed by atoms with E-state index in [0.29, 0.717) is 27.6 Å². The van der Waals surface area contributed by atoms with E-state index in [2.05, 4.69) is 34.5 Å². The molecular weight excluding hydrogens is 488 g/mol. The molecule has 0 saturated carbocycles.